The van der Waals surface area contributed by atoms with Gasteiger partial charge in [-0.3, -0.25) is 14.6 Å². The topological polar surface area (TPSA) is 74.8 Å². The number of hydrogen-bond donors (Lipinski definition) is 1. The van der Waals surface area contributed by atoms with Crippen LogP contribution in [0.1, 0.15) is 23.0 Å². The van der Waals surface area contributed by atoms with Crippen molar-refractivity contribution in [1.82, 2.24) is 14.8 Å². The van der Waals surface area contributed by atoms with Gasteiger partial charge in [-0.1, -0.05) is 12.1 Å². The van der Waals surface area contributed by atoms with Crippen LogP contribution in [0.3, 0.4) is 0 Å². The van der Waals surface area contributed by atoms with Gasteiger partial charge < -0.3 is 19.9 Å². The molecule has 0 spiro atoms. The number of piperazine rings is 1. The number of rotatable bonds is 6. The van der Waals surface area contributed by atoms with Gasteiger partial charge in [-0.15, -0.1) is 0 Å². The number of benzene rings is 1. The monoisotopic (exact) mass is 382 g/mol. The van der Waals surface area contributed by atoms with Gasteiger partial charge in [0.1, 0.15) is 11.4 Å². The van der Waals surface area contributed by atoms with E-state index in [9.17, 15) is 9.59 Å². The number of methoxy groups -OCH3 is 1. The molecule has 7 nitrogen and oxygen atoms in total. The van der Waals surface area contributed by atoms with E-state index in [2.05, 4.69) is 10.3 Å². The van der Waals surface area contributed by atoms with E-state index in [1.807, 2.05) is 30.3 Å². The summed E-state index contributed by atoms with van der Waals surface area (Å²) in [4.78, 5) is 31.9. The highest BCUT2D eigenvalue weighted by Gasteiger charge is 2.24. The molecule has 0 aliphatic carbocycles. The number of amides is 2. The van der Waals surface area contributed by atoms with Crippen molar-refractivity contribution in [3.63, 3.8) is 0 Å². The molecule has 1 aromatic carbocycles. The molecule has 28 heavy (non-hydrogen) atoms. The largest absolute Gasteiger partial charge is 0.497 e. The van der Waals surface area contributed by atoms with Crippen LogP contribution in [-0.2, 0) is 11.2 Å². The summed E-state index contributed by atoms with van der Waals surface area (Å²) in [6.07, 6.45) is 2.51. The zero-order valence-electron chi connectivity index (χ0n) is 16.4. The first-order valence-corrected chi connectivity index (χ1v) is 9.44. The van der Waals surface area contributed by atoms with E-state index in [-0.39, 0.29) is 11.8 Å². The van der Waals surface area contributed by atoms with E-state index in [0.717, 1.165) is 24.4 Å². The second-order valence-electron chi connectivity index (χ2n) is 6.75. The van der Waals surface area contributed by atoms with Crippen LogP contribution < -0.4 is 10.1 Å². The number of ether oxygens (including phenoxy) is 1. The van der Waals surface area contributed by atoms with Crippen LogP contribution in [0.4, 0.5) is 5.69 Å². The number of carbonyl (C=O) groups excluding carboxylic acids is 2. The summed E-state index contributed by atoms with van der Waals surface area (Å²) in [5.74, 6) is 0.799. The SMILES string of the molecule is COc1ccc(CCNc2ccnc(C(=O)N3CCN(C(C)=O)CC3)c2)cc1. The molecule has 1 aliphatic heterocycles. The number of pyridine rings is 1. The van der Waals surface area contributed by atoms with Gasteiger partial charge in [-0.05, 0) is 36.2 Å². The minimum atomic E-state index is -0.0954. The Bertz CT molecular complexity index is 815. The van der Waals surface area contributed by atoms with Gasteiger partial charge in [0.15, 0.2) is 0 Å². The fraction of sp³-hybridized carbons (Fsp3) is 0.381. The first kappa shape index (κ1) is 19.7. The van der Waals surface area contributed by atoms with Crippen molar-refractivity contribution < 1.29 is 14.3 Å². The molecule has 0 unspecified atom stereocenters. The number of nitrogens with zero attached hydrogens (tertiary/aromatic N) is 3. The highest BCUT2D eigenvalue weighted by Crippen LogP contribution is 2.14. The van der Waals surface area contributed by atoms with E-state index in [0.29, 0.717) is 31.9 Å². The molecule has 148 valence electrons. The van der Waals surface area contributed by atoms with Gasteiger partial charge in [0.2, 0.25) is 5.91 Å². The highest BCUT2D eigenvalue weighted by atomic mass is 16.5. The molecule has 0 radical (unpaired) electrons. The quantitative estimate of drug-likeness (QED) is 0.828. The van der Waals surface area contributed by atoms with Crippen molar-refractivity contribution in [1.29, 1.82) is 0 Å². The Labute approximate surface area is 165 Å². The molecule has 2 heterocycles. The van der Waals surface area contributed by atoms with Crippen LogP contribution in [0, 0.1) is 0 Å². The third-order valence-electron chi connectivity index (χ3n) is 4.89. The summed E-state index contributed by atoms with van der Waals surface area (Å²) in [5, 5.41) is 3.35. The van der Waals surface area contributed by atoms with Crippen molar-refractivity contribution in [2.45, 2.75) is 13.3 Å². The molecule has 1 N–H and O–H groups in total. The first-order valence-electron chi connectivity index (χ1n) is 9.44. The van der Waals surface area contributed by atoms with Gasteiger partial charge in [0.05, 0.1) is 7.11 Å². The number of carbonyl (C=O) groups is 2. The lowest BCUT2D eigenvalue weighted by Gasteiger charge is -2.34. The normalized spacial score (nSPS) is 13.9. The standard InChI is InChI=1S/C21H26N4O3/c1-16(26)24-11-13-25(14-12-24)21(27)20-15-18(8-10-23-20)22-9-7-17-3-5-19(28-2)6-4-17/h3-6,8,10,15H,7,9,11-14H2,1-2H3,(H,22,23). The minimum absolute atomic E-state index is 0.0493. The molecule has 2 amide bonds. The second-order valence-corrected chi connectivity index (χ2v) is 6.75. The lowest BCUT2D eigenvalue weighted by molar-refractivity contribution is -0.130. The van der Waals surface area contributed by atoms with E-state index in [1.165, 1.54) is 5.56 Å². The lowest BCUT2D eigenvalue weighted by atomic mass is 10.1. The van der Waals surface area contributed by atoms with E-state index < -0.39 is 0 Å². The fourth-order valence-corrected chi connectivity index (χ4v) is 3.19. The van der Waals surface area contributed by atoms with Crippen LogP contribution in [0.25, 0.3) is 0 Å². The summed E-state index contributed by atoms with van der Waals surface area (Å²) < 4.78 is 5.17. The van der Waals surface area contributed by atoms with Gasteiger partial charge in [-0.2, -0.15) is 0 Å². The van der Waals surface area contributed by atoms with Gasteiger partial charge in [0.25, 0.3) is 5.91 Å². The van der Waals surface area contributed by atoms with Gasteiger partial charge in [0, 0.05) is 51.5 Å². The van der Waals surface area contributed by atoms with Gasteiger partial charge in [-0.25, -0.2) is 0 Å². The maximum Gasteiger partial charge on any atom is 0.272 e. The Kier molecular flexibility index (Phi) is 6.47. The Morgan fingerprint density at radius 3 is 2.39 bits per heavy atom. The highest BCUT2D eigenvalue weighted by molar-refractivity contribution is 5.93. The first-order chi connectivity index (χ1) is 13.6. The van der Waals surface area contributed by atoms with Crippen LogP contribution >= 0.6 is 0 Å². The second kappa shape index (κ2) is 9.21. The Hall–Kier alpha value is -3.09. The lowest BCUT2D eigenvalue weighted by Crippen LogP contribution is -2.50. The van der Waals surface area contributed by atoms with Gasteiger partial charge >= 0.3 is 0 Å². The Morgan fingerprint density at radius 2 is 1.75 bits per heavy atom. The maximum atomic E-state index is 12.7. The molecule has 0 atom stereocenters. The third kappa shape index (κ3) is 5.00. The molecule has 0 bridgehead atoms. The summed E-state index contributed by atoms with van der Waals surface area (Å²) in [7, 11) is 1.65. The molecule has 7 heteroatoms. The molecule has 1 fully saturated rings. The van der Waals surface area contributed by atoms with Crippen molar-refractivity contribution in [2.75, 3.05) is 45.2 Å². The molecule has 3 rings (SSSR count). The molecule has 2 aromatic rings. The molecular formula is C21H26N4O3. The molecular weight excluding hydrogens is 356 g/mol. The summed E-state index contributed by atoms with van der Waals surface area (Å²) in [6.45, 7) is 4.52. The Morgan fingerprint density at radius 1 is 1.07 bits per heavy atom. The predicted octanol–water partition coefficient (Wildman–Crippen LogP) is 2.05. The number of anilines is 1. The van der Waals surface area contributed by atoms with Crippen molar-refractivity contribution in [3.05, 3.63) is 53.9 Å². The Balaban J connectivity index is 1.53. The van der Waals surface area contributed by atoms with Crippen molar-refractivity contribution in [2.24, 2.45) is 0 Å². The smallest absolute Gasteiger partial charge is 0.272 e. The van der Waals surface area contributed by atoms with Crippen molar-refractivity contribution in [3.8, 4) is 5.75 Å². The van der Waals surface area contributed by atoms with E-state index in [1.54, 1.807) is 36.1 Å². The average Bonchev–Trinajstić information content (AvgIpc) is 2.74. The molecule has 1 aromatic heterocycles. The van der Waals surface area contributed by atoms with Crippen molar-refractivity contribution >= 4 is 17.5 Å². The van der Waals surface area contributed by atoms with E-state index in [4.69, 9.17) is 4.74 Å². The van der Waals surface area contributed by atoms with Crippen LogP contribution in [0.15, 0.2) is 42.6 Å². The van der Waals surface area contributed by atoms with Crippen LogP contribution in [-0.4, -0.2) is 66.4 Å². The fourth-order valence-electron chi connectivity index (χ4n) is 3.19. The number of aromatic nitrogens is 1. The predicted molar refractivity (Wildman–Crippen MR) is 108 cm³/mol. The van der Waals surface area contributed by atoms with E-state index >= 15 is 0 Å². The van der Waals surface area contributed by atoms with Crippen LogP contribution in [0.5, 0.6) is 5.75 Å². The molecule has 0 saturated carbocycles. The van der Waals surface area contributed by atoms with Crippen LogP contribution in [0.2, 0.25) is 0 Å². The molecule has 1 aliphatic rings. The maximum absolute atomic E-state index is 12.7. The molecule has 1 saturated heterocycles. The summed E-state index contributed by atoms with van der Waals surface area (Å²) in [6, 6.07) is 11.6. The average molecular weight is 382 g/mol. The third-order valence-corrected chi connectivity index (χ3v) is 4.89. The number of nitrogens with one attached hydrogen (secondary N) is 1. The summed E-state index contributed by atoms with van der Waals surface area (Å²) >= 11 is 0. The number of hydrogen-bond acceptors (Lipinski definition) is 5. The zero-order chi connectivity index (χ0) is 19.9. The zero-order valence-corrected chi connectivity index (χ0v) is 16.4. The minimum Gasteiger partial charge on any atom is -0.497 e. The summed E-state index contributed by atoms with van der Waals surface area (Å²) in [5.41, 5.74) is 2.50.